The van der Waals surface area contributed by atoms with E-state index in [1.807, 2.05) is 35.8 Å². The molecule has 1 saturated heterocycles. The van der Waals surface area contributed by atoms with Crippen molar-refractivity contribution in [2.24, 2.45) is 0 Å². The van der Waals surface area contributed by atoms with E-state index >= 15 is 0 Å². The van der Waals surface area contributed by atoms with Crippen LogP contribution in [0.25, 0.3) is 21.8 Å². The topological polar surface area (TPSA) is 69.0 Å². The van der Waals surface area contributed by atoms with Gasteiger partial charge in [0.1, 0.15) is 11.6 Å². The standard InChI is InChI=1S/C19H20N4O2S/c24-18(21-12-16-5-2-9-25-16)13-23-8-6-17(22-23)14-3-1-4-15(11-14)19-20-7-10-26-19/h1,3-4,6-8,10-11,16H,2,5,9,12-13H2,(H,21,24). The third-order valence-electron chi connectivity index (χ3n) is 4.33. The van der Waals surface area contributed by atoms with Crippen LogP contribution in [0.5, 0.6) is 0 Å². The SMILES string of the molecule is O=C(Cn1ccc(-c2cccc(-c3nccs3)c2)n1)NCC1CCCO1. The Labute approximate surface area is 155 Å². The van der Waals surface area contributed by atoms with Crippen LogP contribution in [0.3, 0.4) is 0 Å². The first kappa shape index (κ1) is 16.9. The number of hydrogen-bond donors (Lipinski definition) is 1. The van der Waals surface area contributed by atoms with Crippen LogP contribution in [-0.2, 0) is 16.1 Å². The summed E-state index contributed by atoms with van der Waals surface area (Å²) >= 11 is 1.61. The lowest BCUT2D eigenvalue weighted by Crippen LogP contribution is -2.34. The summed E-state index contributed by atoms with van der Waals surface area (Å²) in [4.78, 5) is 16.4. The van der Waals surface area contributed by atoms with Gasteiger partial charge < -0.3 is 10.1 Å². The molecule has 6 nitrogen and oxygen atoms in total. The predicted molar refractivity (Wildman–Crippen MR) is 101 cm³/mol. The van der Waals surface area contributed by atoms with E-state index in [-0.39, 0.29) is 18.6 Å². The Balaban J connectivity index is 1.40. The van der Waals surface area contributed by atoms with Crippen molar-refractivity contribution in [3.8, 4) is 21.8 Å². The van der Waals surface area contributed by atoms with Gasteiger partial charge in [0.25, 0.3) is 0 Å². The third kappa shape index (κ3) is 4.00. The molecule has 3 aromatic rings. The van der Waals surface area contributed by atoms with Crippen molar-refractivity contribution in [2.45, 2.75) is 25.5 Å². The maximum atomic E-state index is 12.1. The molecule has 2 aromatic heterocycles. The second-order valence-corrected chi connectivity index (χ2v) is 7.15. The fourth-order valence-electron chi connectivity index (χ4n) is 3.02. The minimum absolute atomic E-state index is 0.0494. The van der Waals surface area contributed by atoms with Crippen LogP contribution in [0.2, 0.25) is 0 Å². The molecule has 1 N–H and O–H groups in total. The van der Waals surface area contributed by atoms with Gasteiger partial charge in [-0.2, -0.15) is 5.10 Å². The second-order valence-electron chi connectivity index (χ2n) is 6.26. The summed E-state index contributed by atoms with van der Waals surface area (Å²) in [6.07, 6.45) is 5.87. The molecule has 0 saturated carbocycles. The summed E-state index contributed by atoms with van der Waals surface area (Å²) in [5, 5.41) is 10.4. The Bertz CT molecular complexity index is 869. The number of rotatable bonds is 6. The van der Waals surface area contributed by atoms with Gasteiger partial charge in [-0.05, 0) is 25.0 Å². The van der Waals surface area contributed by atoms with Gasteiger partial charge in [-0.3, -0.25) is 9.48 Å². The largest absolute Gasteiger partial charge is 0.376 e. The molecule has 0 bridgehead atoms. The maximum absolute atomic E-state index is 12.1. The Hall–Kier alpha value is -2.51. The van der Waals surface area contributed by atoms with Gasteiger partial charge >= 0.3 is 0 Å². The van der Waals surface area contributed by atoms with Crippen molar-refractivity contribution >= 4 is 17.2 Å². The van der Waals surface area contributed by atoms with E-state index in [0.29, 0.717) is 6.54 Å². The molecular formula is C19H20N4O2S. The van der Waals surface area contributed by atoms with E-state index in [0.717, 1.165) is 41.3 Å². The van der Waals surface area contributed by atoms with Gasteiger partial charge in [-0.25, -0.2) is 4.98 Å². The van der Waals surface area contributed by atoms with E-state index in [9.17, 15) is 4.79 Å². The van der Waals surface area contributed by atoms with Gasteiger partial charge in [-0.1, -0.05) is 18.2 Å². The fraction of sp³-hybridized carbons (Fsp3) is 0.316. The van der Waals surface area contributed by atoms with Crippen molar-refractivity contribution < 1.29 is 9.53 Å². The van der Waals surface area contributed by atoms with Crippen molar-refractivity contribution in [1.29, 1.82) is 0 Å². The van der Waals surface area contributed by atoms with Crippen LogP contribution in [0.4, 0.5) is 0 Å². The Kier molecular flexibility index (Phi) is 5.08. The van der Waals surface area contributed by atoms with Crippen LogP contribution >= 0.6 is 11.3 Å². The molecule has 4 rings (SSSR count). The van der Waals surface area contributed by atoms with Gasteiger partial charge in [0.05, 0.1) is 11.8 Å². The zero-order valence-corrected chi connectivity index (χ0v) is 15.1. The molecule has 3 heterocycles. The molecular weight excluding hydrogens is 348 g/mol. The molecule has 1 amide bonds. The molecule has 0 spiro atoms. The summed E-state index contributed by atoms with van der Waals surface area (Å²) in [6, 6.07) is 10.1. The molecule has 7 heteroatoms. The third-order valence-corrected chi connectivity index (χ3v) is 5.16. The summed E-state index contributed by atoms with van der Waals surface area (Å²) in [6.45, 7) is 1.57. The molecule has 26 heavy (non-hydrogen) atoms. The van der Waals surface area contributed by atoms with Crippen LogP contribution < -0.4 is 5.32 Å². The number of carbonyl (C=O) groups excluding carboxylic acids is 1. The number of amides is 1. The number of benzene rings is 1. The summed E-state index contributed by atoms with van der Waals surface area (Å²) in [5.41, 5.74) is 2.92. The lowest BCUT2D eigenvalue weighted by Gasteiger charge is -2.10. The number of carbonyl (C=O) groups is 1. The van der Waals surface area contributed by atoms with Gasteiger partial charge in [0.2, 0.25) is 5.91 Å². The van der Waals surface area contributed by atoms with E-state index in [1.54, 1.807) is 22.2 Å². The summed E-state index contributed by atoms with van der Waals surface area (Å²) in [5.74, 6) is -0.0494. The molecule has 1 aliphatic heterocycles. The monoisotopic (exact) mass is 368 g/mol. The Morgan fingerprint density at radius 3 is 3.08 bits per heavy atom. The van der Waals surface area contributed by atoms with Crippen LogP contribution in [-0.4, -0.2) is 39.9 Å². The molecule has 1 atom stereocenters. The quantitative estimate of drug-likeness (QED) is 0.726. The molecule has 1 unspecified atom stereocenters. The molecule has 1 aromatic carbocycles. The molecule has 0 radical (unpaired) electrons. The van der Waals surface area contributed by atoms with Crippen LogP contribution in [0, 0.1) is 0 Å². The minimum atomic E-state index is -0.0494. The number of hydrogen-bond acceptors (Lipinski definition) is 5. The number of nitrogens with zero attached hydrogens (tertiary/aromatic N) is 3. The normalized spacial score (nSPS) is 16.7. The predicted octanol–water partition coefficient (Wildman–Crippen LogP) is 2.97. The number of aromatic nitrogens is 3. The molecule has 0 aliphatic carbocycles. The highest BCUT2D eigenvalue weighted by Gasteiger charge is 2.16. The number of ether oxygens (including phenoxy) is 1. The van der Waals surface area contributed by atoms with Crippen molar-refractivity contribution in [2.75, 3.05) is 13.2 Å². The first-order chi connectivity index (χ1) is 12.8. The fourth-order valence-corrected chi connectivity index (χ4v) is 3.65. The maximum Gasteiger partial charge on any atom is 0.241 e. The van der Waals surface area contributed by atoms with Gasteiger partial charge in [0.15, 0.2) is 0 Å². The van der Waals surface area contributed by atoms with Crippen LogP contribution in [0.15, 0.2) is 48.1 Å². The zero-order valence-electron chi connectivity index (χ0n) is 14.3. The van der Waals surface area contributed by atoms with E-state index in [4.69, 9.17) is 4.74 Å². The Morgan fingerprint density at radius 1 is 1.35 bits per heavy atom. The molecule has 134 valence electrons. The second kappa shape index (κ2) is 7.80. The first-order valence-corrected chi connectivity index (χ1v) is 9.58. The van der Waals surface area contributed by atoms with E-state index in [1.165, 1.54) is 0 Å². The van der Waals surface area contributed by atoms with Crippen molar-refractivity contribution in [3.05, 3.63) is 48.1 Å². The minimum Gasteiger partial charge on any atom is -0.376 e. The highest BCUT2D eigenvalue weighted by atomic mass is 32.1. The summed E-state index contributed by atoms with van der Waals surface area (Å²) in [7, 11) is 0. The van der Waals surface area contributed by atoms with Gasteiger partial charge in [-0.15, -0.1) is 11.3 Å². The van der Waals surface area contributed by atoms with Gasteiger partial charge in [0, 0.05) is 42.1 Å². The van der Waals surface area contributed by atoms with Crippen LogP contribution in [0.1, 0.15) is 12.8 Å². The van der Waals surface area contributed by atoms with E-state index < -0.39 is 0 Å². The van der Waals surface area contributed by atoms with Crippen molar-refractivity contribution in [3.63, 3.8) is 0 Å². The highest BCUT2D eigenvalue weighted by Crippen LogP contribution is 2.26. The summed E-state index contributed by atoms with van der Waals surface area (Å²) < 4.78 is 7.18. The van der Waals surface area contributed by atoms with E-state index in [2.05, 4.69) is 21.5 Å². The molecule has 1 aliphatic rings. The number of thiazole rings is 1. The average molecular weight is 368 g/mol. The molecule has 1 fully saturated rings. The number of nitrogens with one attached hydrogen (secondary N) is 1. The highest BCUT2D eigenvalue weighted by molar-refractivity contribution is 7.13. The smallest absolute Gasteiger partial charge is 0.241 e. The lowest BCUT2D eigenvalue weighted by atomic mass is 10.1. The lowest BCUT2D eigenvalue weighted by molar-refractivity contribution is -0.122. The zero-order chi connectivity index (χ0) is 17.8. The Morgan fingerprint density at radius 2 is 2.27 bits per heavy atom. The average Bonchev–Trinajstić information content (AvgIpc) is 3.42. The first-order valence-electron chi connectivity index (χ1n) is 8.70. The van der Waals surface area contributed by atoms with Crippen molar-refractivity contribution in [1.82, 2.24) is 20.1 Å².